The van der Waals surface area contributed by atoms with Gasteiger partial charge in [0.2, 0.25) is 11.8 Å². The zero-order valence-corrected chi connectivity index (χ0v) is 27.0. The molecule has 5 bridgehead atoms. The molecule has 46 heavy (non-hydrogen) atoms. The Morgan fingerprint density at radius 1 is 1.07 bits per heavy atom. The van der Waals surface area contributed by atoms with Crippen LogP contribution in [0.3, 0.4) is 0 Å². The molecule has 1 aromatic carbocycles. The number of esters is 1. The number of hydrogen-bond acceptors (Lipinski definition) is 8. The first-order chi connectivity index (χ1) is 22.0. The normalized spacial score (nSPS) is 27.2. The number of hydrogen-bond donors (Lipinski definition) is 3. The Morgan fingerprint density at radius 2 is 1.80 bits per heavy atom. The number of piperidine rings is 1. The molecule has 11 heteroatoms. The van der Waals surface area contributed by atoms with E-state index in [2.05, 4.69) is 26.9 Å². The van der Waals surface area contributed by atoms with Crippen molar-refractivity contribution in [2.24, 2.45) is 11.3 Å². The summed E-state index contributed by atoms with van der Waals surface area (Å²) in [5.41, 5.74) is 4.32. The molecule has 4 atom stereocenters. The monoisotopic (exact) mass is 628 g/mol. The Hall–Kier alpha value is -4.27. The van der Waals surface area contributed by atoms with Gasteiger partial charge in [-0.3, -0.25) is 29.1 Å². The fourth-order valence-corrected chi connectivity index (χ4v) is 6.29. The van der Waals surface area contributed by atoms with Crippen molar-refractivity contribution < 1.29 is 23.9 Å². The van der Waals surface area contributed by atoms with E-state index in [4.69, 9.17) is 16.1 Å². The molecule has 11 nitrogen and oxygen atoms in total. The van der Waals surface area contributed by atoms with E-state index in [1.54, 1.807) is 13.8 Å². The van der Waals surface area contributed by atoms with E-state index in [0.717, 1.165) is 16.5 Å². The predicted octanol–water partition coefficient (Wildman–Crippen LogP) is 2.72. The number of pyridine rings is 1. The van der Waals surface area contributed by atoms with E-state index < -0.39 is 41.5 Å². The van der Waals surface area contributed by atoms with Crippen LogP contribution in [0.25, 0.3) is 17.0 Å². The highest BCUT2D eigenvalue weighted by atomic mass is 16.5. The Labute approximate surface area is 270 Å². The lowest BCUT2D eigenvalue weighted by Crippen LogP contribution is -2.61. The summed E-state index contributed by atoms with van der Waals surface area (Å²) in [6.07, 6.45) is 11.0. The van der Waals surface area contributed by atoms with Crippen molar-refractivity contribution in [2.75, 3.05) is 26.2 Å². The Balaban J connectivity index is 1.53. The molecule has 244 valence electrons. The first kappa shape index (κ1) is 33.1. The molecule has 0 saturated carbocycles. The van der Waals surface area contributed by atoms with Crippen LogP contribution in [-0.4, -0.2) is 82.9 Å². The molecule has 2 saturated heterocycles. The molecule has 3 aliphatic heterocycles. The largest absolute Gasteiger partial charge is 0.455 e. The molecule has 1 aromatic heterocycles. The second-order valence-electron chi connectivity index (χ2n) is 13.0. The van der Waals surface area contributed by atoms with Gasteiger partial charge in [-0.1, -0.05) is 50.1 Å². The van der Waals surface area contributed by atoms with Gasteiger partial charge in [0.15, 0.2) is 0 Å². The standard InChI is InChI=1S/C35H44N6O5/c1-6-17-40-19-15-35(16-20-40)14-13-25-9-10-26-11-12-27(37-29(26)21-25)24(5)46-33(44)28-8-7-18-41(39-28)32(43)23(4)36-31(42)30(22(2)3)38-34(35)45/h1,9-14,21-24,28,30,39H,7-8,15-20H2,2-5H3,(H,36,42)(H,38,45)/b14-13+/t23-,24+,28-,30-/m0/s1. The molecule has 0 radical (unpaired) electrons. The molecule has 3 amide bonds. The van der Waals surface area contributed by atoms with Crippen LogP contribution in [0.2, 0.25) is 0 Å². The summed E-state index contributed by atoms with van der Waals surface area (Å²) in [5, 5.41) is 8.13. The van der Waals surface area contributed by atoms with Crippen LogP contribution >= 0.6 is 0 Å². The van der Waals surface area contributed by atoms with Crippen LogP contribution in [0.5, 0.6) is 0 Å². The molecular weight excluding hydrogens is 584 g/mol. The summed E-state index contributed by atoms with van der Waals surface area (Å²) in [6.45, 7) is 9.24. The number of benzene rings is 1. The number of amides is 3. The van der Waals surface area contributed by atoms with E-state index in [0.29, 0.717) is 57.6 Å². The molecule has 2 aromatic rings. The number of terminal acetylenes is 1. The fourth-order valence-electron chi connectivity index (χ4n) is 6.29. The summed E-state index contributed by atoms with van der Waals surface area (Å²) in [5.74, 6) is 0.890. The maximum atomic E-state index is 14.2. The quantitative estimate of drug-likeness (QED) is 0.342. The van der Waals surface area contributed by atoms with Gasteiger partial charge >= 0.3 is 5.97 Å². The maximum Gasteiger partial charge on any atom is 0.325 e. The molecule has 1 spiro atoms. The summed E-state index contributed by atoms with van der Waals surface area (Å²) in [7, 11) is 0. The average molecular weight is 629 g/mol. The van der Waals surface area contributed by atoms with E-state index in [-0.39, 0.29) is 17.7 Å². The van der Waals surface area contributed by atoms with Crippen molar-refractivity contribution in [1.29, 1.82) is 0 Å². The minimum Gasteiger partial charge on any atom is -0.455 e. The number of fused-ring (bicyclic) bond motifs is 4. The molecule has 0 unspecified atom stereocenters. The SMILES string of the molecule is C#CCN1CCC2(/C=C/c3ccc4ccc(nc4c3)[C@@H](C)OC(=O)[C@@H]3CCCN(N3)C(=O)[C@H](C)NC(=O)[C@H](C(C)C)NC2=O)CC1. The first-order valence-electron chi connectivity index (χ1n) is 16.1. The number of carbonyl (C=O) groups is 4. The van der Waals surface area contributed by atoms with Gasteiger partial charge in [-0.15, -0.1) is 6.42 Å². The zero-order chi connectivity index (χ0) is 33.0. The number of nitrogens with one attached hydrogen (secondary N) is 3. The van der Waals surface area contributed by atoms with Crippen LogP contribution in [0, 0.1) is 23.7 Å². The minimum atomic E-state index is -0.899. The smallest absolute Gasteiger partial charge is 0.325 e. The summed E-state index contributed by atoms with van der Waals surface area (Å²) in [4.78, 5) is 61.2. The van der Waals surface area contributed by atoms with Gasteiger partial charge < -0.3 is 15.4 Å². The fraction of sp³-hybridized carbons (Fsp3) is 0.514. The Bertz CT molecular complexity index is 1560. The van der Waals surface area contributed by atoms with Gasteiger partial charge in [0, 0.05) is 25.0 Å². The van der Waals surface area contributed by atoms with Crippen LogP contribution in [-0.2, 0) is 23.9 Å². The third-order valence-electron chi connectivity index (χ3n) is 9.26. The Morgan fingerprint density at radius 3 is 2.52 bits per heavy atom. The van der Waals surface area contributed by atoms with Gasteiger partial charge in [0.25, 0.3) is 5.91 Å². The second-order valence-corrected chi connectivity index (χ2v) is 13.0. The van der Waals surface area contributed by atoms with E-state index >= 15 is 0 Å². The van der Waals surface area contributed by atoms with Crippen molar-refractivity contribution in [3.63, 3.8) is 0 Å². The van der Waals surface area contributed by atoms with Crippen molar-refractivity contribution in [3.8, 4) is 12.3 Å². The Kier molecular flexibility index (Phi) is 10.1. The zero-order valence-electron chi connectivity index (χ0n) is 27.0. The number of ether oxygens (including phenoxy) is 1. The number of nitrogens with zero attached hydrogens (tertiary/aromatic N) is 3. The van der Waals surface area contributed by atoms with E-state index in [1.165, 1.54) is 5.01 Å². The summed E-state index contributed by atoms with van der Waals surface area (Å²) < 4.78 is 5.80. The van der Waals surface area contributed by atoms with Crippen molar-refractivity contribution in [2.45, 2.75) is 77.6 Å². The lowest BCUT2D eigenvalue weighted by atomic mass is 9.76. The first-order valence-corrected chi connectivity index (χ1v) is 16.1. The molecule has 2 fully saturated rings. The third kappa shape index (κ3) is 7.24. The number of hydrazine groups is 1. The number of aromatic nitrogens is 1. The van der Waals surface area contributed by atoms with Crippen LogP contribution in [0.4, 0.5) is 0 Å². The molecule has 4 heterocycles. The van der Waals surface area contributed by atoms with Gasteiger partial charge in [-0.25, -0.2) is 10.4 Å². The highest BCUT2D eigenvalue weighted by molar-refractivity contribution is 5.94. The number of cyclic esters (lactones) is 1. The average Bonchev–Trinajstić information content (AvgIpc) is 3.05. The maximum absolute atomic E-state index is 14.2. The molecular formula is C35H44N6O5. The second kappa shape index (κ2) is 14.0. The minimum absolute atomic E-state index is 0.242. The van der Waals surface area contributed by atoms with Crippen molar-refractivity contribution >= 4 is 40.7 Å². The highest BCUT2D eigenvalue weighted by Crippen LogP contribution is 2.35. The topological polar surface area (TPSA) is 133 Å². The van der Waals surface area contributed by atoms with Crippen LogP contribution < -0.4 is 16.1 Å². The van der Waals surface area contributed by atoms with E-state index in [9.17, 15) is 19.2 Å². The lowest BCUT2D eigenvalue weighted by Gasteiger charge is -2.39. The predicted molar refractivity (Wildman–Crippen MR) is 174 cm³/mol. The van der Waals surface area contributed by atoms with Gasteiger partial charge in [-0.2, -0.15) is 0 Å². The van der Waals surface area contributed by atoms with Crippen LogP contribution in [0.15, 0.2) is 36.4 Å². The van der Waals surface area contributed by atoms with Crippen molar-refractivity contribution in [3.05, 3.63) is 47.7 Å². The molecule has 0 aliphatic carbocycles. The van der Waals surface area contributed by atoms with Crippen molar-refractivity contribution in [1.82, 2.24) is 31.0 Å². The van der Waals surface area contributed by atoms with Gasteiger partial charge in [0.1, 0.15) is 24.2 Å². The van der Waals surface area contributed by atoms with E-state index in [1.807, 2.05) is 56.3 Å². The summed E-state index contributed by atoms with van der Waals surface area (Å²) >= 11 is 0. The number of rotatable bonds is 2. The van der Waals surface area contributed by atoms with Gasteiger partial charge in [-0.05, 0) is 63.1 Å². The lowest BCUT2D eigenvalue weighted by molar-refractivity contribution is -0.157. The number of carbonyl (C=O) groups excluding carboxylic acids is 4. The van der Waals surface area contributed by atoms with Crippen LogP contribution in [0.1, 0.15) is 70.7 Å². The van der Waals surface area contributed by atoms with Gasteiger partial charge in [0.05, 0.1) is 23.2 Å². The number of likely N-dealkylation sites (tertiary alicyclic amines) is 1. The highest BCUT2D eigenvalue weighted by Gasteiger charge is 2.41. The summed E-state index contributed by atoms with van der Waals surface area (Å²) in [6, 6.07) is 7.19. The molecule has 3 N–H and O–H groups in total. The molecule has 5 rings (SSSR count). The third-order valence-corrected chi connectivity index (χ3v) is 9.26. The molecule has 3 aliphatic rings.